The number of imidazole rings is 1. The molecule has 0 aliphatic carbocycles. The van der Waals surface area contributed by atoms with E-state index in [4.69, 9.17) is 21.3 Å². The molecule has 2 saturated heterocycles. The minimum absolute atomic E-state index is 0.0197. The number of fused-ring (bicyclic) bond motifs is 1. The molecule has 9 nitrogen and oxygen atoms in total. The van der Waals surface area contributed by atoms with Gasteiger partial charge in [0.15, 0.2) is 0 Å². The zero-order valence-corrected chi connectivity index (χ0v) is 24.0. The predicted molar refractivity (Wildman–Crippen MR) is 157 cm³/mol. The number of aryl methyl sites for hydroxylation is 1. The number of carbonyl (C=O) groups excluding carboxylic acids is 2. The summed E-state index contributed by atoms with van der Waals surface area (Å²) in [5.74, 6) is 0.688. The molecular weight excluding hydrogens is 528 g/mol. The molecule has 2 aliphatic rings. The lowest BCUT2D eigenvalue weighted by molar-refractivity contribution is -0.126. The third-order valence-corrected chi connectivity index (χ3v) is 8.00. The molecule has 0 spiro atoms. The second-order valence-corrected chi connectivity index (χ2v) is 10.9. The molecule has 3 aromatic rings. The normalized spacial score (nSPS) is 18.4. The van der Waals surface area contributed by atoms with Gasteiger partial charge < -0.3 is 14.2 Å². The first-order chi connectivity index (χ1) is 19.4. The van der Waals surface area contributed by atoms with E-state index in [-0.39, 0.29) is 17.9 Å². The molecule has 1 N–H and O–H groups in total. The largest absolute Gasteiger partial charge is 0.491 e. The smallest absolute Gasteiger partial charge is 0.258 e. The van der Waals surface area contributed by atoms with Crippen LogP contribution < -0.4 is 10.1 Å². The van der Waals surface area contributed by atoms with Crippen LogP contribution in [-0.4, -0.2) is 75.5 Å². The van der Waals surface area contributed by atoms with Crippen molar-refractivity contribution in [2.45, 2.75) is 52.0 Å². The molecule has 10 heteroatoms. The molecule has 2 amide bonds. The fourth-order valence-corrected chi connectivity index (χ4v) is 5.92. The van der Waals surface area contributed by atoms with Crippen LogP contribution in [0, 0.1) is 6.92 Å². The molecule has 0 radical (unpaired) electrons. The van der Waals surface area contributed by atoms with E-state index in [1.165, 1.54) is 12.8 Å². The van der Waals surface area contributed by atoms with Gasteiger partial charge in [-0.2, -0.15) is 0 Å². The number of carbonyl (C=O) groups is 2. The second kappa shape index (κ2) is 12.8. The fourth-order valence-electron chi connectivity index (χ4n) is 5.61. The van der Waals surface area contributed by atoms with Gasteiger partial charge >= 0.3 is 0 Å². The Morgan fingerprint density at radius 3 is 2.73 bits per heavy atom. The van der Waals surface area contributed by atoms with Gasteiger partial charge in [0.1, 0.15) is 17.4 Å². The van der Waals surface area contributed by atoms with Gasteiger partial charge in [0.2, 0.25) is 11.9 Å². The van der Waals surface area contributed by atoms with Crippen molar-refractivity contribution in [2.24, 2.45) is 0 Å². The number of aromatic nitrogens is 3. The number of ether oxygens (including phenoxy) is 1. The highest BCUT2D eigenvalue weighted by atomic mass is 35.5. The summed E-state index contributed by atoms with van der Waals surface area (Å²) in [7, 11) is 0. The van der Waals surface area contributed by atoms with Crippen molar-refractivity contribution in [2.75, 3.05) is 44.6 Å². The number of anilines is 1. The SMILES string of the molecule is CC=CC(=O)N1CCCCC(n2c(NC(=O)c3ccnc(C)c3)nc3ccc(OCCN4CCCC4)c(Cl)c32)C1. The van der Waals surface area contributed by atoms with Crippen LogP contribution in [0.3, 0.4) is 0 Å². The molecule has 0 bridgehead atoms. The maximum atomic E-state index is 13.3. The highest BCUT2D eigenvalue weighted by Gasteiger charge is 2.28. The van der Waals surface area contributed by atoms with Gasteiger partial charge in [-0.25, -0.2) is 4.98 Å². The molecule has 40 heavy (non-hydrogen) atoms. The van der Waals surface area contributed by atoms with Crippen LogP contribution in [0.1, 0.15) is 61.1 Å². The Balaban J connectivity index is 1.51. The maximum Gasteiger partial charge on any atom is 0.258 e. The lowest BCUT2D eigenvalue weighted by atomic mass is 10.1. The first-order valence-electron chi connectivity index (χ1n) is 14.2. The summed E-state index contributed by atoms with van der Waals surface area (Å²) < 4.78 is 8.15. The third-order valence-electron chi connectivity index (χ3n) is 7.64. The quantitative estimate of drug-likeness (QED) is 0.376. The van der Waals surface area contributed by atoms with Crippen molar-refractivity contribution in [3.05, 3.63) is 58.9 Å². The van der Waals surface area contributed by atoms with E-state index >= 15 is 0 Å². The maximum absolute atomic E-state index is 13.3. The van der Waals surface area contributed by atoms with Crippen molar-refractivity contribution in [3.63, 3.8) is 0 Å². The molecular formula is C30H37ClN6O3. The van der Waals surface area contributed by atoms with Gasteiger partial charge in [0.05, 0.1) is 17.1 Å². The first-order valence-corrected chi connectivity index (χ1v) is 14.5. The Bertz CT molecular complexity index is 1400. The minimum Gasteiger partial charge on any atom is -0.491 e. The number of nitrogens with one attached hydrogen (secondary N) is 1. The van der Waals surface area contributed by atoms with Gasteiger partial charge in [-0.3, -0.25) is 24.8 Å². The van der Waals surface area contributed by atoms with Crippen molar-refractivity contribution in [1.29, 1.82) is 0 Å². The lowest BCUT2D eigenvalue weighted by Gasteiger charge is -2.26. The molecule has 5 rings (SSSR count). The summed E-state index contributed by atoms with van der Waals surface area (Å²) in [6, 6.07) is 7.02. The fraction of sp³-hybridized carbons (Fsp3) is 0.467. The summed E-state index contributed by atoms with van der Waals surface area (Å²) in [6.45, 7) is 8.46. The average Bonchev–Trinajstić information content (AvgIpc) is 3.51. The molecule has 212 valence electrons. The van der Waals surface area contributed by atoms with E-state index in [0.717, 1.165) is 44.6 Å². The van der Waals surface area contributed by atoms with Crippen LogP contribution >= 0.6 is 11.6 Å². The molecule has 1 unspecified atom stereocenters. The highest BCUT2D eigenvalue weighted by molar-refractivity contribution is 6.36. The van der Waals surface area contributed by atoms with E-state index in [1.807, 2.05) is 35.4 Å². The number of pyridine rings is 1. The number of likely N-dealkylation sites (tertiary alicyclic amines) is 2. The summed E-state index contributed by atoms with van der Waals surface area (Å²) in [4.78, 5) is 39.4. The molecule has 1 atom stereocenters. The van der Waals surface area contributed by atoms with E-state index in [9.17, 15) is 9.59 Å². The number of allylic oxidation sites excluding steroid dienone is 1. The predicted octanol–water partition coefficient (Wildman–Crippen LogP) is 5.25. The van der Waals surface area contributed by atoms with Crippen molar-refractivity contribution >= 4 is 40.4 Å². The molecule has 1 aromatic carbocycles. The molecule has 2 aromatic heterocycles. The van der Waals surface area contributed by atoms with Crippen LogP contribution in [0.5, 0.6) is 5.75 Å². The third kappa shape index (κ3) is 6.31. The number of rotatable bonds is 8. The Labute approximate surface area is 240 Å². The Hall–Kier alpha value is -3.43. The summed E-state index contributed by atoms with van der Waals surface area (Å²) in [5, 5.41) is 3.48. The van der Waals surface area contributed by atoms with Gasteiger partial charge in [0.25, 0.3) is 5.91 Å². The van der Waals surface area contributed by atoms with Crippen LogP contribution in [-0.2, 0) is 4.79 Å². The van der Waals surface area contributed by atoms with Gasteiger partial charge in [-0.05, 0) is 89.4 Å². The average molecular weight is 565 g/mol. The number of halogens is 1. The minimum atomic E-state index is -0.282. The Kier molecular flexibility index (Phi) is 9.01. The zero-order chi connectivity index (χ0) is 28.1. The number of benzene rings is 1. The van der Waals surface area contributed by atoms with Crippen molar-refractivity contribution in [3.8, 4) is 5.75 Å². The summed E-state index contributed by atoms with van der Waals surface area (Å²) >= 11 is 7.03. The topological polar surface area (TPSA) is 92.6 Å². The monoisotopic (exact) mass is 564 g/mol. The molecule has 4 heterocycles. The standard InChI is InChI=1S/C30H37ClN6O3/c1-3-8-26(38)36-16-5-4-9-23(20-36)37-28-24(33-30(37)34-29(39)22-12-13-32-21(2)19-22)10-11-25(27(28)31)40-18-17-35-14-6-7-15-35/h3,8,10-13,19,23H,4-7,9,14-18,20H2,1-2H3,(H,33,34,39). The van der Waals surface area contributed by atoms with Crippen LogP contribution in [0.4, 0.5) is 5.95 Å². The highest BCUT2D eigenvalue weighted by Crippen LogP contribution is 2.38. The number of hydrogen-bond donors (Lipinski definition) is 1. The van der Waals surface area contributed by atoms with E-state index in [1.54, 1.807) is 30.5 Å². The number of nitrogens with zero attached hydrogens (tertiary/aromatic N) is 5. The van der Waals surface area contributed by atoms with Gasteiger partial charge in [0, 0.05) is 37.1 Å². The lowest BCUT2D eigenvalue weighted by Crippen LogP contribution is -2.34. The van der Waals surface area contributed by atoms with E-state index < -0.39 is 0 Å². The van der Waals surface area contributed by atoms with Crippen LogP contribution in [0.2, 0.25) is 5.02 Å². The second-order valence-electron chi connectivity index (χ2n) is 10.5. The van der Waals surface area contributed by atoms with E-state index in [0.29, 0.717) is 53.0 Å². The van der Waals surface area contributed by atoms with Gasteiger partial charge in [-0.15, -0.1) is 0 Å². The first kappa shape index (κ1) is 28.1. The molecule has 2 aliphatic heterocycles. The molecule has 2 fully saturated rings. The summed E-state index contributed by atoms with van der Waals surface area (Å²) in [5.41, 5.74) is 2.61. The zero-order valence-electron chi connectivity index (χ0n) is 23.2. The van der Waals surface area contributed by atoms with Crippen molar-refractivity contribution in [1.82, 2.24) is 24.3 Å². The van der Waals surface area contributed by atoms with E-state index in [2.05, 4.69) is 15.2 Å². The Morgan fingerprint density at radius 1 is 1.15 bits per heavy atom. The van der Waals surface area contributed by atoms with Crippen LogP contribution in [0.25, 0.3) is 11.0 Å². The number of amides is 2. The number of hydrogen-bond acceptors (Lipinski definition) is 6. The van der Waals surface area contributed by atoms with Crippen molar-refractivity contribution < 1.29 is 14.3 Å². The van der Waals surface area contributed by atoms with Gasteiger partial charge in [-0.1, -0.05) is 17.7 Å². The molecule has 0 saturated carbocycles. The summed E-state index contributed by atoms with van der Waals surface area (Å²) in [6.07, 6.45) is 10.1. The Morgan fingerprint density at radius 2 is 1.95 bits per heavy atom. The van der Waals surface area contributed by atoms with Crippen LogP contribution in [0.15, 0.2) is 42.6 Å².